The van der Waals surface area contributed by atoms with Crippen molar-refractivity contribution in [2.24, 2.45) is 4.99 Å². The third-order valence-electron chi connectivity index (χ3n) is 4.60. The summed E-state index contributed by atoms with van der Waals surface area (Å²) in [5.41, 5.74) is 5.37. The zero-order valence-electron chi connectivity index (χ0n) is 16.3. The molecule has 1 aromatic carbocycles. The Balaban J connectivity index is 1.67. The van der Waals surface area contributed by atoms with Gasteiger partial charge >= 0.3 is 0 Å². The second-order valence-corrected chi connectivity index (χ2v) is 6.53. The van der Waals surface area contributed by atoms with Crippen molar-refractivity contribution in [1.29, 1.82) is 0 Å². The molecule has 3 heterocycles. The number of allylic oxidation sites excluding steroid dienone is 3. The first-order chi connectivity index (χ1) is 14.2. The van der Waals surface area contributed by atoms with Gasteiger partial charge in [0.05, 0.1) is 24.9 Å². The summed E-state index contributed by atoms with van der Waals surface area (Å²) in [6.45, 7) is 6.03. The minimum Gasteiger partial charge on any atom is -0.481 e. The lowest BCUT2D eigenvalue weighted by molar-refractivity contribution is 0.289. The van der Waals surface area contributed by atoms with Crippen molar-refractivity contribution < 1.29 is 4.74 Å². The lowest BCUT2D eigenvalue weighted by Crippen LogP contribution is -2.03. The van der Waals surface area contributed by atoms with Gasteiger partial charge in [0, 0.05) is 17.7 Å². The highest BCUT2D eigenvalue weighted by Gasteiger charge is 2.09. The summed E-state index contributed by atoms with van der Waals surface area (Å²) in [4.78, 5) is 12.9. The van der Waals surface area contributed by atoms with Crippen LogP contribution in [0.25, 0.3) is 27.6 Å². The monoisotopic (exact) mass is 384 g/mol. The van der Waals surface area contributed by atoms with Gasteiger partial charge in [0.25, 0.3) is 0 Å². The van der Waals surface area contributed by atoms with E-state index < -0.39 is 0 Å². The third kappa shape index (κ3) is 3.89. The van der Waals surface area contributed by atoms with Crippen LogP contribution < -0.4 is 0 Å². The largest absolute Gasteiger partial charge is 0.481 e. The minimum absolute atomic E-state index is 0.447. The Kier molecular flexibility index (Phi) is 5.11. The molecule has 0 aliphatic carbocycles. The van der Waals surface area contributed by atoms with Gasteiger partial charge in [-0.05, 0) is 55.1 Å². The van der Waals surface area contributed by atoms with Crippen molar-refractivity contribution in [2.75, 3.05) is 7.11 Å². The molecule has 0 aliphatic heterocycles. The zero-order valence-corrected chi connectivity index (χ0v) is 16.3. The molecule has 0 aliphatic rings. The summed E-state index contributed by atoms with van der Waals surface area (Å²) in [6, 6.07) is 14.0. The number of methoxy groups -OCH3 is 1. The van der Waals surface area contributed by atoms with Crippen LogP contribution in [0.1, 0.15) is 18.2 Å². The Hall–Kier alpha value is -3.87. The number of benzene rings is 1. The van der Waals surface area contributed by atoms with Crippen LogP contribution >= 0.6 is 0 Å². The number of pyridine rings is 2. The molecule has 0 saturated carbocycles. The summed E-state index contributed by atoms with van der Waals surface area (Å²) in [7, 11) is 1.56. The summed E-state index contributed by atoms with van der Waals surface area (Å²) in [5, 5.41) is 9.62. The molecular weight excluding hydrogens is 364 g/mol. The lowest BCUT2D eigenvalue weighted by atomic mass is 10.1. The number of rotatable bonds is 6. The number of hydrogen-bond donors (Lipinski definition) is 0. The Bertz CT molecular complexity index is 1250. The van der Waals surface area contributed by atoms with Crippen molar-refractivity contribution in [2.45, 2.75) is 13.5 Å². The van der Waals surface area contributed by atoms with Gasteiger partial charge in [-0.25, -0.2) is 14.7 Å². The topological polar surface area (TPSA) is 78.1 Å². The van der Waals surface area contributed by atoms with Crippen LogP contribution in [0.3, 0.4) is 0 Å². The maximum Gasteiger partial charge on any atom is 0.212 e. The maximum absolute atomic E-state index is 5.10. The van der Waals surface area contributed by atoms with Gasteiger partial charge in [-0.2, -0.15) is 0 Å². The van der Waals surface area contributed by atoms with Crippen molar-refractivity contribution in [3.05, 3.63) is 78.0 Å². The number of aliphatic imine (C=N–C) groups is 1. The summed E-state index contributed by atoms with van der Waals surface area (Å²) < 4.78 is 6.91. The van der Waals surface area contributed by atoms with Crippen molar-refractivity contribution in [3.63, 3.8) is 0 Å². The van der Waals surface area contributed by atoms with Gasteiger partial charge in [-0.1, -0.05) is 23.4 Å². The molecule has 0 N–H and O–H groups in total. The molecule has 0 atom stereocenters. The number of fused-ring (bicyclic) bond motifs is 2. The van der Waals surface area contributed by atoms with Gasteiger partial charge in [0.1, 0.15) is 5.52 Å². The lowest BCUT2D eigenvalue weighted by Gasteiger charge is -2.05. The number of hydrogen-bond acceptors (Lipinski definition) is 6. The van der Waals surface area contributed by atoms with Crippen molar-refractivity contribution >= 4 is 34.4 Å². The fourth-order valence-corrected chi connectivity index (χ4v) is 3.04. The number of ether oxygens (including phenoxy) is 1. The Morgan fingerprint density at radius 3 is 2.86 bits per heavy atom. The maximum atomic E-state index is 5.10. The first kappa shape index (κ1) is 18.5. The number of nitrogens with zero attached hydrogens (tertiary/aromatic N) is 6. The van der Waals surface area contributed by atoms with Gasteiger partial charge in [-0.15, -0.1) is 5.10 Å². The van der Waals surface area contributed by atoms with Crippen LogP contribution in [-0.4, -0.2) is 38.8 Å². The highest BCUT2D eigenvalue weighted by atomic mass is 16.5. The van der Waals surface area contributed by atoms with Crippen LogP contribution in [0, 0.1) is 0 Å². The van der Waals surface area contributed by atoms with Gasteiger partial charge in [-0.3, -0.25) is 4.98 Å². The summed E-state index contributed by atoms with van der Waals surface area (Å²) in [6.07, 6.45) is 5.45. The zero-order chi connectivity index (χ0) is 20.2. The Morgan fingerprint density at radius 2 is 2.03 bits per heavy atom. The molecule has 7 heteroatoms. The first-order valence-electron chi connectivity index (χ1n) is 9.11. The second kappa shape index (κ2) is 8.02. The van der Waals surface area contributed by atoms with E-state index in [1.807, 2.05) is 41.9 Å². The molecule has 3 aromatic heterocycles. The smallest absolute Gasteiger partial charge is 0.212 e. The predicted octanol–water partition coefficient (Wildman–Crippen LogP) is 4.01. The average Bonchev–Trinajstić information content (AvgIpc) is 3.16. The van der Waals surface area contributed by atoms with E-state index >= 15 is 0 Å². The molecule has 0 spiro atoms. The van der Waals surface area contributed by atoms with E-state index in [1.165, 1.54) is 0 Å². The van der Waals surface area contributed by atoms with Gasteiger partial charge < -0.3 is 4.74 Å². The predicted molar refractivity (Wildman–Crippen MR) is 114 cm³/mol. The normalized spacial score (nSPS) is 12.5. The van der Waals surface area contributed by atoms with E-state index in [-0.39, 0.29) is 0 Å². The standard InChI is InChI=1S/C22H20N6O/c1-15(6-11-21(23-2)29-3)18-9-10-20-22(25-18)28(27-26-20)14-16-7-8-19-17(13-16)5-4-12-24-19/h4-13H,2,14H2,1,3H3/b15-6+,21-11+. The highest BCUT2D eigenvalue weighted by Crippen LogP contribution is 2.19. The first-order valence-corrected chi connectivity index (χ1v) is 9.11. The highest BCUT2D eigenvalue weighted by molar-refractivity contribution is 5.79. The Morgan fingerprint density at radius 1 is 1.17 bits per heavy atom. The van der Waals surface area contributed by atoms with Crippen LogP contribution in [-0.2, 0) is 11.3 Å². The van der Waals surface area contributed by atoms with E-state index in [4.69, 9.17) is 9.72 Å². The minimum atomic E-state index is 0.447. The van der Waals surface area contributed by atoms with Gasteiger partial charge in [0.2, 0.25) is 5.88 Å². The molecule has 144 valence electrons. The van der Waals surface area contributed by atoms with Crippen molar-refractivity contribution in [1.82, 2.24) is 25.0 Å². The second-order valence-electron chi connectivity index (χ2n) is 6.53. The molecule has 0 fully saturated rings. The van der Waals surface area contributed by atoms with Crippen LogP contribution in [0.15, 0.2) is 71.7 Å². The Labute approximate surface area is 168 Å². The molecule has 7 nitrogen and oxygen atoms in total. The van der Waals surface area contributed by atoms with Crippen LogP contribution in [0.2, 0.25) is 0 Å². The molecular formula is C22H20N6O. The van der Waals surface area contributed by atoms with E-state index in [0.29, 0.717) is 12.4 Å². The van der Waals surface area contributed by atoms with E-state index in [2.05, 4.69) is 45.2 Å². The summed E-state index contributed by atoms with van der Waals surface area (Å²) >= 11 is 0. The molecule has 0 saturated heterocycles. The molecule has 4 rings (SSSR count). The molecule has 0 bridgehead atoms. The van der Waals surface area contributed by atoms with E-state index in [0.717, 1.165) is 38.9 Å². The fraction of sp³-hybridized carbons (Fsp3) is 0.136. The molecule has 0 radical (unpaired) electrons. The fourth-order valence-electron chi connectivity index (χ4n) is 3.04. The SMILES string of the molecule is C=N/C(=C\C=C(/C)c1ccc2nnn(Cc3ccc4ncccc4c3)c2n1)OC. The molecule has 0 unspecified atom stereocenters. The quantitative estimate of drug-likeness (QED) is 0.285. The van der Waals surface area contributed by atoms with Gasteiger partial charge in [0.15, 0.2) is 5.65 Å². The molecule has 0 amide bonds. The van der Waals surface area contributed by atoms with E-state index in [9.17, 15) is 0 Å². The molecule has 29 heavy (non-hydrogen) atoms. The van der Waals surface area contributed by atoms with E-state index in [1.54, 1.807) is 19.4 Å². The van der Waals surface area contributed by atoms with Crippen molar-refractivity contribution in [3.8, 4) is 0 Å². The average molecular weight is 384 g/mol. The summed E-state index contributed by atoms with van der Waals surface area (Å²) in [5.74, 6) is 0.447. The van der Waals surface area contributed by atoms with Crippen LogP contribution in [0.4, 0.5) is 0 Å². The number of aromatic nitrogens is 5. The molecule has 4 aromatic rings. The van der Waals surface area contributed by atoms with Crippen LogP contribution in [0.5, 0.6) is 0 Å². The third-order valence-corrected chi connectivity index (χ3v) is 4.60.